The fourth-order valence-corrected chi connectivity index (χ4v) is 2.12. The lowest BCUT2D eigenvalue weighted by Gasteiger charge is -2.11. The average molecular weight is 228 g/mol. The molecule has 1 unspecified atom stereocenters. The first-order valence-corrected chi connectivity index (χ1v) is 6.41. The van der Waals surface area contributed by atoms with Crippen LogP contribution in [-0.2, 0) is 13.0 Å². The highest BCUT2D eigenvalue weighted by molar-refractivity contribution is 7.09. The number of aryl methyl sites for hydroxylation is 1. The molecule has 0 amide bonds. The van der Waals surface area contributed by atoms with E-state index in [0.29, 0.717) is 6.04 Å². The van der Waals surface area contributed by atoms with Crippen molar-refractivity contribution in [2.45, 2.75) is 45.7 Å². The van der Waals surface area contributed by atoms with Gasteiger partial charge in [-0.25, -0.2) is 4.98 Å². The van der Waals surface area contributed by atoms with E-state index in [1.54, 1.807) is 11.3 Å². The Labute approximate surface area is 95.6 Å². The van der Waals surface area contributed by atoms with E-state index in [1.807, 2.05) is 0 Å². The fourth-order valence-electron chi connectivity index (χ4n) is 1.37. The van der Waals surface area contributed by atoms with Gasteiger partial charge in [-0.3, -0.25) is 0 Å². The molecule has 0 saturated heterocycles. The van der Waals surface area contributed by atoms with Crippen LogP contribution in [0, 0.1) is 0 Å². The second-order valence-electron chi connectivity index (χ2n) is 3.73. The lowest BCUT2D eigenvalue weighted by molar-refractivity contribution is 0.276. The summed E-state index contributed by atoms with van der Waals surface area (Å²) in [5.41, 5.74) is 1.13. The van der Waals surface area contributed by atoms with Crippen LogP contribution in [0.15, 0.2) is 5.38 Å². The molecule has 3 nitrogen and oxygen atoms in total. The molecule has 2 N–H and O–H groups in total. The molecule has 0 aliphatic heterocycles. The molecule has 1 aromatic rings. The zero-order chi connectivity index (χ0) is 11.1. The summed E-state index contributed by atoms with van der Waals surface area (Å²) in [4.78, 5) is 4.49. The summed E-state index contributed by atoms with van der Waals surface area (Å²) in [6.07, 6.45) is 2.90. The van der Waals surface area contributed by atoms with Gasteiger partial charge >= 0.3 is 0 Å². The Balaban J connectivity index is 2.24. The summed E-state index contributed by atoms with van der Waals surface area (Å²) in [6.45, 7) is 5.38. The maximum absolute atomic E-state index is 8.70. The zero-order valence-electron chi connectivity index (χ0n) is 9.49. The van der Waals surface area contributed by atoms with E-state index in [9.17, 15) is 0 Å². The molecule has 1 rings (SSSR count). The Kier molecular flexibility index (Phi) is 5.83. The van der Waals surface area contributed by atoms with Crippen LogP contribution in [0.3, 0.4) is 0 Å². The monoisotopic (exact) mass is 228 g/mol. The lowest BCUT2D eigenvalue weighted by atomic mass is 10.2. The minimum atomic E-state index is 0.280. The summed E-state index contributed by atoms with van der Waals surface area (Å²) in [5.74, 6) is 0. The number of hydrogen-bond donors (Lipinski definition) is 2. The van der Waals surface area contributed by atoms with E-state index >= 15 is 0 Å². The quantitative estimate of drug-likeness (QED) is 0.750. The third-order valence-corrected chi connectivity index (χ3v) is 3.37. The van der Waals surface area contributed by atoms with E-state index in [-0.39, 0.29) is 6.61 Å². The first kappa shape index (κ1) is 12.6. The smallest absolute Gasteiger partial charge is 0.0926 e. The highest BCUT2D eigenvalue weighted by Gasteiger charge is 2.03. The Hall–Kier alpha value is -0.450. The van der Waals surface area contributed by atoms with Gasteiger partial charge in [-0.05, 0) is 26.2 Å². The van der Waals surface area contributed by atoms with Crippen LogP contribution in [0.2, 0.25) is 0 Å². The first-order valence-electron chi connectivity index (χ1n) is 5.53. The van der Waals surface area contributed by atoms with Gasteiger partial charge in [0.25, 0.3) is 0 Å². The summed E-state index contributed by atoms with van der Waals surface area (Å²) in [7, 11) is 0. The Morgan fingerprint density at radius 2 is 2.40 bits per heavy atom. The van der Waals surface area contributed by atoms with Crippen LogP contribution in [0.5, 0.6) is 0 Å². The van der Waals surface area contributed by atoms with Gasteiger partial charge < -0.3 is 10.4 Å². The lowest BCUT2D eigenvalue weighted by Crippen LogP contribution is -2.25. The Morgan fingerprint density at radius 3 is 3.00 bits per heavy atom. The normalized spacial score (nSPS) is 13.0. The summed E-state index contributed by atoms with van der Waals surface area (Å²) in [6, 6.07) is 0.448. The van der Waals surface area contributed by atoms with Gasteiger partial charge in [0.2, 0.25) is 0 Å². The van der Waals surface area contributed by atoms with Crippen LogP contribution in [0.1, 0.15) is 37.4 Å². The van der Waals surface area contributed by atoms with E-state index < -0.39 is 0 Å². The predicted molar refractivity (Wildman–Crippen MR) is 64.1 cm³/mol. The molecule has 4 heteroatoms. The molecule has 0 fully saturated rings. The van der Waals surface area contributed by atoms with Gasteiger partial charge in [0.05, 0.1) is 10.7 Å². The molecule has 0 aliphatic rings. The van der Waals surface area contributed by atoms with Crippen molar-refractivity contribution in [2.75, 3.05) is 6.61 Å². The van der Waals surface area contributed by atoms with Crippen molar-refractivity contribution in [3.63, 3.8) is 0 Å². The molecule has 0 aliphatic carbocycles. The highest BCUT2D eigenvalue weighted by Crippen LogP contribution is 2.10. The Morgan fingerprint density at radius 1 is 1.60 bits per heavy atom. The molecule has 0 bridgehead atoms. The summed E-state index contributed by atoms with van der Waals surface area (Å²) < 4.78 is 0. The maximum Gasteiger partial charge on any atom is 0.0926 e. The van der Waals surface area contributed by atoms with Gasteiger partial charge in [-0.15, -0.1) is 11.3 Å². The third kappa shape index (κ3) is 4.73. The molecule has 0 saturated carbocycles. The van der Waals surface area contributed by atoms with Crippen LogP contribution >= 0.6 is 11.3 Å². The van der Waals surface area contributed by atoms with Crippen molar-refractivity contribution in [3.8, 4) is 0 Å². The van der Waals surface area contributed by atoms with Gasteiger partial charge in [-0.1, -0.05) is 6.92 Å². The van der Waals surface area contributed by atoms with E-state index in [2.05, 4.69) is 29.5 Å². The molecule has 1 aromatic heterocycles. The number of nitrogens with zero attached hydrogens (tertiary/aromatic N) is 1. The first-order chi connectivity index (χ1) is 7.26. The van der Waals surface area contributed by atoms with Crippen LogP contribution < -0.4 is 5.32 Å². The summed E-state index contributed by atoms with van der Waals surface area (Å²) in [5, 5.41) is 15.4. The number of hydrogen-bond acceptors (Lipinski definition) is 4. The molecule has 1 atom stereocenters. The van der Waals surface area contributed by atoms with E-state index in [4.69, 9.17) is 5.11 Å². The molecular weight excluding hydrogens is 208 g/mol. The minimum absolute atomic E-state index is 0.280. The number of aliphatic hydroxyl groups is 1. The molecule has 0 spiro atoms. The molecular formula is C11H20N2OS. The molecule has 0 radical (unpaired) electrons. The predicted octanol–water partition coefficient (Wildman–Crippen LogP) is 1.96. The average Bonchev–Trinajstić information content (AvgIpc) is 2.71. The fraction of sp³-hybridized carbons (Fsp3) is 0.727. The standard InChI is InChI=1S/C11H20N2OS/c1-3-11-13-10(8-15-11)7-12-9(2)5-4-6-14/h8-9,12,14H,3-7H2,1-2H3. The number of rotatable bonds is 7. The molecule has 0 aromatic carbocycles. The number of aromatic nitrogens is 1. The van der Waals surface area contributed by atoms with Crippen molar-refractivity contribution in [3.05, 3.63) is 16.1 Å². The Bertz CT molecular complexity index is 275. The topological polar surface area (TPSA) is 45.2 Å². The van der Waals surface area contributed by atoms with E-state index in [1.165, 1.54) is 5.01 Å². The van der Waals surface area contributed by atoms with Crippen molar-refractivity contribution >= 4 is 11.3 Å². The summed E-state index contributed by atoms with van der Waals surface area (Å²) >= 11 is 1.73. The molecule has 1 heterocycles. The minimum Gasteiger partial charge on any atom is -0.396 e. The largest absolute Gasteiger partial charge is 0.396 e. The van der Waals surface area contributed by atoms with Crippen molar-refractivity contribution in [1.82, 2.24) is 10.3 Å². The highest BCUT2D eigenvalue weighted by atomic mass is 32.1. The zero-order valence-corrected chi connectivity index (χ0v) is 10.3. The van der Waals surface area contributed by atoms with Crippen LogP contribution in [0.25, 0.3) is 0 Å². The van der Waals surface area contributed by atoms with Crippen LogP contribution in [0.4, 0.5) is 0 Å². The van der Waals surface area contributed by atoms with Crippen molar-refractivity contribution in [1.29, 1.82) is 0 Å². The van der Waals surface area contributed by atoms with Gasteiger partial charge in [0.1, 0.15) is 0 Å². The second kappa shape index (κ2) is 6.93. The van der Waals surface area contributed by atoms with Gasteiger partial charge in [0, 0.05) is 24.6 Å². The van der Waals surface area contributed by atoms with E-state index in [0.717, 1.165) is 31.5 Å². The third-order valence-electron chi connectivity index (χ3n) is 2.33. The van der Waals surface area contributed by atoms with Crippen LogP contribution in [-0.4, -0.2) is 22.7 Å². The number of thiazole rings is 1. The number of aliphatic hydroxyl groups excluding tert-OH is 1. The van der Waals surface area contributed by atoms with Crippen molar-refractivity contribution < 1.29 is 5.11 Å². The maximum atomic E-state index is 8.70. The number of nitrogens with one attached hydrogen (secondary N) is 1. The SMILES string of the molecule is CCc1nc(CNC(C)CCCO)cs1. The van der Waals surface area contributed by atoms with Crippen molar-refractivity contribution in [2.24, 2.45) is 0 Å². The van der Waals surface area contributed by atoms with Gasteiger partial charge in [-0.2, -0.15) is 0 Å². The second-order valence-corrected chi connectivity index (χ2v) is 4.68. The molecule has 86 valence electrons. The van der Waals surface area contributed by atoms with Gasteiger partial charge in [0.15, 0.2) is 0 Å². The molecule has 15 heavy (non-hydrogen) atoms.